The number of rotatable bonds is 0. The molecule has 15 nitrogen and oxygen atoms in total. The van der Waals surface area contributed by atoms with Crippen molar-refractivity contribution in [1.29, 1.82) is 0 Å². The van der Waals surface area contributed by atoms with Crippen LogP contribution in [-0.4, -0.2) is 31.7 Å². The molecule has 0 bridgehead atoms. The Labute approximate surface area is 104 Å². The molecule has 16 heteroatoms. The number of hydrogen-bond acceptors (Lipinski definition) is 9. The van der Waals surface area contributed by atoms with E-state index in [2.05, 4.69) is 0 Å². The fraction of sp³-hybridized carbons (Fsp3) is 0. The minimum absolute atomic E-state index is 0. The van der Waals surface area contributed by atoms with E-state index in [1.165, 1.54) is 0 Å². The van der Waals surface area contributed by atoms with Crippen LogP contribution in [0.25, 0.3) is 0 Å². The Bertz CT molecular complexity index is 114. The predicted octanol–water partition coefficient (Wildman–Crippen LogP) is -3.19. The SMILES string of the molecule is O.O.O.O=[N+]([O-])[O-].O=[N+]([O-])[O-].O=[N+]([O-])[O-].[Sc+3]. The van der Waals surface area contributed by atoms with Crippen LogP contribution in [-0.2, 0) is 25.8 Å². The molecule has 0 aliphatic heterocycles. The molecule has 0 aromatic carbocycles. The molecule has 0 saturated heterocycles. The molecule has 0 rings (SSSR count). The monoisotopic (exact) mass is 285 g/mol. The quantitative estimate of drug-likeness (QED) is 0.319. The third kappa shape index (κ3) is 584. The van der Waals surface area contributed by atoms with E-state index in [1.807, 2.05) is 0 Å². The van der Waals surface area contributed by atoms with Crippen LogP contribution in [0.15, 0.2) is 0 Å². The maximum absolute atomic E-state index is 8.25. The Morgan fingerprint density at radius 1 is 0.500 bits per heavy atom. The van der Waals surface area contributed by atoms with Crippen molar-refractivity contribution in [3.05, 3.63) is 46.0 Å². The zero-order chi connectivity index (χ0) is 10.7. The summed E-state index contributed by atoms with van der Waals surface area (Å²) in [4.78, 5) is 24.8. The maximum Gasteiger partial charge on any atom is 3.00 e. The van der Waals surface area contributed by atoms with Gasteiger partial charge in [0, 0.05) is 0 Å². The van der Waals surface area contributed by atoms with E-state index in [4.69, 9.17) is 46.0 Å². The Hall–Kier alpha value is -1.65. The van der Waals surface area contributed by atoms with Gasteiger partial charge < -0.3 is 62.4 Å². The van der Waals surface area contributed by atoms with Crippen molar-refractivity contribution < 1.29 is 57.5 Å². The molecule has 0 aromatic rings. The molecule has 0 aromatic heterocycles. The van der Waals surface area contributed by atoms with Crippen molar-refractivity contribution >= 4 is 0 Å². The molecule has 96 valence electrons. The molecule has 0 atom stereocenters. The molecule has 0 saturated carbocycles. The summed E-state index contributed by atoms with van der Waals surface area (Å²) < 4.78 is 0. The minimum Gasteiger partial charge on any atom is -0.412 e. The Morgan fingerprint density at radius 3 is 0.500 bits per heavy atom. The molecule has 0 amide bonds. The summed E-state index contributed by atoms with van der Waals surface area (Å²) in [6.45, 7) is 0. The van der Waals surface area contributed by atoms with E-state index in [0.29, 0.717) is 0 Å². The molecule has 0 radical (unpaired) electrons. The minimum atomic E-state index is -1.75. The zero-order valence-corrected chi connectivity index (χ0v) is 8.90. The normalized spacial score (nSPS) is 4.50. The Morgan fingerprint density at radius 2 is 0.500 bits per heavy atom. The first-order valence-electron chi connectivity index (χ1n) is 1.64. The smallest absolute Gasteiger partial charge is 0.412 e. The van der Waals surface area contributed by atoms with Gasteiger partial charge in [-0.15, -0.1) is 0 Å². The van der Waals surface area contributed by atoms with Gasteiger partial charge in [-0.1, -0.05) is 0 Å². The predicted molar refractivity (Wildman–Crippen MR) is 41.9 cm³/mol. The third-order valence-electron chi connectivity index (χ3n) is 0. The molecular formula is H6N3O12Sc. The molecule has 0 spiro atoms. The summed E-state index contributed by atoms with van der Waals surface area (Å²) in [5, 5.41) is 44.2. The second-order valence-electron chi connectivity index (χ2n) is 0.671. The van der Waals surface area contributed by atoms with Crippen LogP contribution in [0.3, 0.4) is 0 Å². The maximum atomic E-state index is 8.25. The first-order valence-corrected chi connectivity index (χ1v) is 1.64. The van der Waals surface area contributed by atoms with Crippen molar-refractivity contribution in [1.82, 2.24) is 0 Å². The second kappa shape index (κ2) is 37.7. The van der Waals surface area contributed by atoms with E-state index in [-0.39, 0.29) is 42.3 Å². The van der Waals surface area contributed by atoms with Crippen molar-refractivity contribution in [3.8, 4) is 0 Å². The average molecular weight is 285 g/mol. The van der Waals surface area contributed by atoms with Crippen molar-refractivity contribution in [2.75, 3.05) is 0 Å². The van der Waals surface area contributed by atoms with Gasteiger partial charge in [0.1, 0.15) is 0 Å². The summed E-state index contributed by atoms with van der Waals surface area (Å²) in [5.41, 5.74) is 0. The van der Waals surface area contributed by atoms with Gasteiger partial charge in [0.15, 0.2) is 0 Å². The van der Waals surface area contributed by atoms with Gasteiger partial charge in [-0.25, -0.2) is 0 Å². The van der Waals surface area contributed by atoms with Crippen LogP contribution in [0.5, 0.6) is 0 Å². The topological polar surface area (TPSA) is 293 Å². The van der Waals surface area contributed by atoms with Crippen LogP contribution >= 0.6 is 0 Å². The first kappa shape index (κ1) is 47.3. The molecule has 0 aliphatic rings. The summed E-state index contributed by atoms with van der Waals surface area (Å²) in [7, 11) is 0. The Kier molecular flexibility index (Phi) is 112. The van der Waals surface area contributed by atoms with Gasteiger partial charge in [0.25, 0.3) is 0 Å². The van der Waals surface area contributed by atoms with E-state index in [9.17, 15) is 0 Å². The van der Waals surface area contributed by atoms with Gasteiger partial charge in [0.05, 0.1) is 15.3 Å². The Balaban J connectivity index is -0.0000000135. The molecular weight excluding hydrogens is 279 g/mol. The average Bonchev–Trinajstić information content (AvgIpc) is 1.54. The van der Waals surface area contributed by atoms with Crippen LogP contribution in [0.1, 0.15) is 0 Å². The van der Waals surface area contributed by atoms with Gasteiger partial charge in [-0.2, -0.15) is 0 Å². The third-order valence-corrected chi connectivity index (χ3v) is 0. The molecule has 0 heterocycles. The summed E-state index contributed by atoms with van der Waals surface area (Å²) in [6.07, 6.45) is 0. The molecule has 16 heavy (non-hydrogen) atoms. The fourth-order valence-electron chi connectivity index (χ4n) is 0. The van der Waals surface area contributed by atoms with Crippen molar-refractivity contribution in [2.45, 2.75) is 0 Å². The fourth-order valence-corrected chi connectivity index (χ4v) is 0. The van der Waals surface area contributed by atoms with Gasteiger partial charge in [-0.05, 0) is 0 Å². The standard InChI is InChI=1S/3NO3.3H2O.Sc/c3*2-1(3)4;;;;/h;;;3*1H2;/q3*-1;;;;+3. The van der Waals surface area contributed by atoms with Crippen LogP contribution in [0, 0.1) is 46.0 Å². The second-order valence-corrected chi connectivity index (χ2v) is 0.671. The van der Waals surface area contributed by atoms with E-state index in [0.717, 1.165) is 0 Å². The van der Waals surface area contributed by atoms with Crippen LogP contribution < -0.4 is 0 Å². The zero-order valence-electron chi connectivity index (χ0n) is 7.09. The van der Waals surface area contributed by atoms with Gasteiger partial charge in [-0.3, -0.25) is 0 Å². The van der Waals surface area contributed by atoms with E-state index >= 15 is 0 Å². The van der Waals surface area contributed by atoms with Crippen LogP contribution in [0.2, 0.25) is 0 Å². The summed E-state index contributed by atoms with van der Waals surface area (Å²) in [6, 6.07) is 0. The summed E-state index contributed by atoms with van der Waals surface area (Å²) >= 11 is 0. The number of nitrogens with zero attached hydrogens (tertiary/aromatic N) is 3. The van der Waals surface area contributed by atoms with E-state index in [1.54, 1.807) is 0 Å². The number of hydrogen-bond donors (Lipinski definition) is 0. The van der Waals surface area contributed by atoms with Gasteiger partial charge >= 0.3 is 25.8 Å². The van der Waals surface area contributed by atoms with Crippen molar-refractivity contribution in [3.63, 3.8) is 0 Å². The molecule has 6 N–H and O–H groups in total. The first-order chi connectivity index (χ1) is 5.20. The molecule has 0 aliphatic carbocycles. The molecule has 0 fully saturated rings. The largest absolute Gasteiger partial charge is 3.00 e. The summed E-state index contributed by atoms with van der Waals surface area (Å²) in [5.74, 6) is 0. The molecule has 0 unspecified atom stereocenters. The van der Waals surface area contributed by atoms with Crippen LogP contribution in [0.4, 0.5) is 0 Å². The van der Waals surface area contributed by atoms with Gasteiger partial charge in [0.2, 0.25) is 0 Å². The van der Waals surface area contributed by atoms with Crippen molar-refractivity contribution in [2.24, 2.45) is 0 Å². The van der Waals surface area contributed by atoms with E-state index < -0.39 is 15.3 Å².